The predicted octanol–water partition coefficient (Wildman–Crippen LogP) is 7.74. The molecule has 2 aliphatic carbocycles. The van der Waals surface area contributed by atoms with Gasteiger partial charge in [0.1, 0.15) is 0 Å². The number of rotatable bonds is 11. The van der Waals surface area contributed by atoms with Gasteiger partial charge in [0.05, 0.1) is 0 Å². The van der Waals surface area contributed by atoms with Gasteiger partial charge in [0, 0.05) is 11.9 Å². The van der Waals surface area contributed by atoms with Crippen molar-refractivity contribution >= 4 is 22.8 Å². The molecule has 0 aromatic heterocycles. The van der Waals surface area contributed by atoms with Gasteiger partial charge in [0.15, 0.2) is 0 Å². The van der Waals surface area contributed by atoms with E-state index in [1.807, 2.05) is 0 Å². The van der Waals surface area contributed by atoms with Gasteiger partial charge in [0.2, 0.25) is 0 Å². The molecule has 0 atom stereocenters. The Morgan fingerprint density at radius 2 is 1.64 bits per heavy atom. The summed E-state index contributed by atoms with van der Waals surface area (Å²) in [6, 6.07) is 0. The molecule has 0 aromatic rings. The van der Waals surface area contributed by atoms with Crippen molar-refractivity contribution < 1.29 is 4.65 Å². The van der Waals surface area contributed by atoms with Crippen LogP contribution >= 0.6 is 15.9 Å². The number of hydrogen-bond donors (Lipinski definition) is 0. The summed E-state index contributed by atoms with van der Waals surface area (Å²) in [5.41, 5.74) is 1.72. The molecule has 0 unspecified atom stereocenters. The molecule has 3 heteroatoms. The van der Waals surface area contributed by atoms with E-state index in [4.69, 9.17) is 4.65 Å². The molecular weight excluding hydrogens is 371 g/mol. The summed E-state index contributed by atoms with van der Waals surface area (Å²) in [6.07, 6.45) is 23.1. The molecule has 144 valence electrons. The minimum absolute atomic E-state index is 0.426. The quantitative estimate of drug-likeness (QED) is 0.192. The molecule has 0 amide bonds. The summed E-state index contributed by atoms with van der Waals surface area (Å²) in [4.78, 5) is 0. The molecule has 2 fully saturated rings. The Balaban J connectivity index is 2.08. The minimum Gasteiger partial charge on any atom is -0.431 e. The fourth-order valence-corrected chi connectivity index (χ4v) is 5.17. The SMILES string of the molecule is CCCC/C=C(\B(OCCCCBr)C1CCCCC1)C1CCCCC1. The van der Waals surface area contributed by atoms with Crippen LogP contribution in [-0.4, -0.2) is 18.9 Å². The average Bonchev–Trinajstić information content (AvgIpc) is 2.68. The second-order valence-electron chi connectivity index (χ2n) is 8.27. The van der Waals surface area contributed by atoms with Gasteiger partial charge in [-0.05, 0) is 43.8 Å². The molecule has 1 nitrogen and oxygen atoms in total. The molecule has 2 saturated carbocycles. The average molecular weight is 411 g/mol. The van der Waals surface area contributed by atoms with E-state index >= 15 is 0 Å². The van der Waals surface area contributed by atoms with E-state index in [9.17, 15) is 0 Å². The van der Waals surface area contributed by atoms with Crippen molar-refractivity contribution in [3.05, 3.63) is 11.5 Å². The van der Waals surface area contributed by atoms with Crippen LogP contribution in [0, 0.1) is 5.92 Å². The molecule has 0 heterocycles. The van der Waals surface area contributed by atoms with E-state index in [1.54, 1.807) is 5.47 Å². The van der Waals surface area contributed by atoms with Gasteiger partial charge < -0.3 is 4.65 Å². The summed E-state index contributed by atoms with van der Waals surface area (Å²) >= 11 is 3.56. The topological polar surface area (TPSA) is 9.23 Å². The van der Waals surface area contributed by atoms with Gasteiger partial charge in [-0.15, -0.1) is 0 Å². The van der Waals surface area contributed by atoms with Crippen LogP contribution in [0.2, 0.25) is 5.82 Å². The summed E-state index contributed by atoms with van der Waals surface area (Å²) in [6.45, 7) is 3.68. The number of allylic oxidation sites excluding steroid dienone is 2. The second-order valence-corrected chi connectivity index (χ2v) is 9.06. The Labute approximate surface area is 166 Å². The lowest BCUT2D eigenvalue weighted by Crippen LogP contribution is -2.34. The maximum Gasteiger partial charge on any atom is 0.325 e. The third-order valence-corrected chi connectivity index (χ3v) is 6.81. The molecule has 2 aliphatic rings. The Morgan fingerprint density at radius 3 is 2.28 bits per heavy atom. The molecule has 0 N–H and O–H groups in total. The summed E-state index contributed by atoms with van der Waals surface area (Å²) < 4.78 is 6.64. The van der Waals surface area contributed by atoms with Crippen LogP contribution in [0.4, 0.5) is 0 Å². The van der Waals surface area contributed by atoms with Gasteiger partial charge in [-0.25, -0.2) is 0 Å². The Morgan fingerprint density at radius 1 is 0.960 bits per heavy atom. The van der Waals surface area contributed by atoms with Crippen LogP contribution in [-0.2, 0) is 4.65 Å². The smallest absolute Gasteiger partial charge is 0.325 e. The lowest BCUT2D eigenvalue weighted by Gasteiger charge is -2.34. The Bertz CT molecular complexity index is 359. The molecule has 2 rings (SSSR count). The zero-order valence-electron chi connectivity index (χ0n) is 16.6. The minimum atomic E-state index is 0.426. The third-order valence-electron chi connectivity index (χ3n) is 6.25. The number of halogens is 1. The van der Waals surface area contributed by atoms with Crippen LogP contribution in [0.1, 0.15) is 103 Å². The van der Waals surface area contributed by atoms with Crippen LogP contribution in [0.3, 0.4) is 0 Å². The van der Waals surface area contributed by atoms with Crippen molar-refractivity contribution in [3.8, 4) is 0 Å². The zero-order chi connectivity index (χ0) is 17.7. The van der Waals surface area contributed by atoms with Crippen molar-refractivity contribution in [2.45, 2.75) is 109 Å². The molecular formula is C22H40BBrO. The number of alkyl halides is 1. The third kappa shape index (κ3) is 7.79. The molecule has 0 bridgehead atoms. The van der Waals surface area contributed by atoms with Crippen LogP contribution < -0.4 is 0 Å². The first-order valence-electron chi connectivity index (χ1n) is 11.2. The molecule has 0 aliphatic heterocycles. The molecule has 0 spiro atoms. The highest BCUT2D eigenvalue weighted by Crippen LogP contribution is 2.40. The lowest BCUT2D eigenvalue weighted by molar-refractivity contribution is 0.291. The van der Waals surface area contributed by atoms with E-state index in [0.29, 0.717) is 6.92 Å². The van der Waals surface area contributed by atoms with Gasteiger partial charge >= 0.3 is 6.92 Å². The van der Waals surface area contributed by atoms with Crippen molar-refractivity contribution in [1.29, 1.82) is 0 Å². The first kappa shape index (κ1) is 21.5. The number of unbranched alkanes of at least 4 members (excludes halogenated alkanes) is 3. The van der Waals surface area contributed by atoms with Crippen LogP contribution in [0.25, 0.3) is 0 Å². The standard InChI is InChI=1S/C22H40BBrO/c1-2-3-6-17-22(20-13-7-4-8-14-20)23(25-19-12-11-18-24)21-15-9-5-10-16-21/h17,20-21H,2-16,18-19H2,1H3/b22-17-. The highest BCUT2D eigenvalue weighted by atomic mass is 79.9. The van der Waals surface area contributed by atoms with Crippen molar-refractivity contribution in [1.82, 2.24) is 0 Å². The fourth-order valence-electron chi connectivity index (χ4n) is 4.77. The van der Waals surface area contributed by atoms with Gasteiger partial charge in [-0.3, -0.25) is 0 Å². The van der Waals surface area contributed by atoms with E-state index in [0.717, 1.165) is 23.7 Å². The molecule has 0 radical (unpaired) electrons. The highest BCUT2D eigenvalue weighted by molar-refractivity contribution is 9.09. The van der Waals surface area contributed by atoms with Gasteiger partial charge in [-0.1, -0.05) is 98.6 Å². The second kappa shape index (κ2) is 13.4. The summed E-state index contributed by atoms with van der Waals surface area (Å²) in [5, 5.41) is 1.10. The predicted molar refractivity (Wildman–Crippen MR) is 116 cm³/mol. The summed E-state index contributed by atoms with van der Waals surface area (Å²) in [5.74, 6) is 1.60. The Hall–Kier alpha value is 0.245. The van der Waals surface area contributed by atoms with E-state index in [-0.39, 0.29) is 0 Å². The lowest BCUT2D eigenvalue weighted by atomic mass is 9.43. The van der Waals surface area contributed by atoms with Crippen LogP contribution in [0.15, 0.2) is 11.5 Å². The normalized spacial score (nSPS) is 20.8. The molecule has 0 saturated heterocycles. The van der Waals surface area contributed by atoms with Crippen molar-refractivity contribution in [3.63, 3.8) is 0 Å². The summed E-state index contributed by atoms with van der Waals surface area (Å²) in [7, 11) is 0. The molecule has 25 heavy (non-hydrogen) atoms. The zero-order valence-corrected chi connectivity index (χ0v) is 18.2. The maximum absolute atomic E-state index is 6.64. The molecule has 0 aromatic carbocycles. The van der Waals surface area contributed by atoms with E-state index in [2.05, 4.69) is 28.9 Å². The van der Waals surface area contributed by atoms with E-state index in [1.165, 1.54) is 96.3 Å². The van der Waals surface area contributed by atoms with Crippen LogP contribution in [0.5, 0.6) is 0 Å². The van der Waals surface area contributed by atoms with Gasteiger partial charge in [0.25, 0.3) is 0 Å². The van der Waals surface area contributed by atoms with Crippen molar-refractivity contribution in [2.75, 3.05) is 11.9 Å². The maximum atomic E-state index is 6.64. The first-order chi connectivity index (χ1) is 12.4. The van der Waals surface area contributed by atoms with E-state index < -0.39 is 0 Å². The van der Waals surface area contributed by atoms with Crippen molar-refractivity contribution in [2.24, 2.45) is 5.92 Å². The first-order valence-corrected chi connectivity index (χ1v) is 12.4. The van der Waals surface area contributed by atoms with Gasteiger partial charge in [-0.2, -0.15) is 0 Å². The Kier molecular flexibility index (Phi) is 11.6. The monoisotopic (exact) mass is 410 g/mol. The largest absolute Gasteiger partial charge is 0.431 e. The fraction of sp³-hybridized carbons (Fsp3) is 0.909. The number of hydrogen-bond acceptors (Lipinski definition) is 1. The highest BCUT2D eigenvalue weighted by Gasteiger charge is 2.35.